The van der Waals surface area contributed by atoms with Crippen LogP contribution in [0.25, 0.3) is 0 Å². The van der Waals surface area contributed by atoms with Crippen LogP contribution in [0.5, 0.6) is 0 Å². The number of fused-ring (bicyclic) bond motifs is 1. The number of amides is 2. The van der Waals surface area contributed by atoms with E-state index in [1.54, 1.807) is 4.90 Å². The lowest BCUT2D eigenvalue weighted by Crippen LogP contribution is -2.50. The molecule has 1 saturated heterocycles. The van der Waals surface area contributed by atoms with Gasteiger partial charge in [0.25, 0.3) is 5.91 Å². The highest BCUT2D eigenvalue weighted by Gasteiger charge is 2.43. The van der Waals surface area contributed by atoms with Gasteiger partial charge in [0.2, 0.25) is 5.91 Å². The lowest BCUT2D eigenvalue weighted by atomic mass is 9.92. The van der Waals surface area contributed by atoms with E-state index in [-0.39, 0.29) is 23.8 Å². The molecule has 5 nitrogen and oxygen atoms in total. The number of para-hydroxylation sites is 1. The molecular weight excluding hydrogens is 338 g/mol. The number of benzene rings is 2. The van der Waals surface area contributed by atoms with Gasteiger partial charge in [0, 0.05) is 37.4 Å². The molecule has 2 unspecified atom stereocenters. The van der Waals surface area contributed by atoms with Crippen LogP contribution in [0, 0.1) is 5.92 Å². The van der Waals surface area contributed by atoms with Crippen LogP contribution in [-0.4, -0.2) is 54.8 Å². The molecule has 2 amide bonds. The van der Waals surface area contributed by atoms with Gasteiger partial charge in [-0.1, -0.05) is 43.3 Å². The first-order valence-electron chi connectivity index (χ1n) is 9.53. The molecule has 0 bridgehead atoms. The summed E-state index contributed by atoms with van der Waals surface area (Å²) < 4.78 is 0. The van der Waals surface area contributed by atoms with Crippen molar-refractivity contribution in [3.63, 3.8) is 0 Å². The standard InChI is InChI=1S/C22H25N3O2/c1-16(21(26)24-14-12-23(2)13-15-24)20-18-10-6-7-11-19(18)22(27)25(20)17-8-4-3-5-9-17/h3-11,16,20H,12-15H2,1-2H3. The van der Waals surface area contributed by atoms with E-state index in [0.29, 0.717) is 5.56 Å². The molecule has 2 heterocycles. The normalized spacial score (nSPS) is 21.3. The van der Waals surface area contributed by atoms with Crippen LogP contribution in [0.3, 0.4) is 0 Å². The van der Waals surface area contributed by atoms with Gasteiger partial charge in [-0.3, -0.25) is 9.59 Å². The Bertz CT molecular complexity index is 844. The van der Waals surface area contributed by atoms with Crippen molar-refractivity contribution in [3.8, 4) is 0 Å². The summed E-state index contributed by atoms with van der Waals surface area (Å²) in [5.41, 5.74) is 2.48. The monoisotopic (exact) mass is 363 g/mol. The SMILES string of the molecule is CC(C(=O)N1CCN(C)CC1)C1c2ccccc2C(=O)N1c1ccccc1. The molecule has 2 aromatic carbocycles. The zero-order valence-electron chi connectivity index (χ0n) is 15.8. The Morgan fingerprint density at radius 2 is 1.59 bits per heavy atom. The quantitative estimate of drug-likeness (QED) is 0.842. The summed E-state index contributed by atoms with van der Waals surface area (Å²) in [6.45, 7) is 5.22. The van der Waals surface area contributed by atoms with Crippen LogP contribution in [0.2, 0.25) is 0 Å². The number of likely N-dealkylation sites (N-methyl/N-ethyl adjacent to an activating group) is 1. The largest absolute Gasteiger partial charge is 0.340 e. The fourth-order valence-corrected chi connectivity index (χ4v) is 4.15. The topological polar surface area (TPSA) is 43.9 Å². The Hall–Kier alpha value is -2.66. The van der Waals surface area contributed by atoms with E-state index in [4.69, 9.17) is 0 Å². The van der Waals surface area contributed by atoms with Crippen LogP contribution < -0.4 is 4.90 Å². The number of anilines is 1. The summed E-state index contributed by atoms with van der Waals surface area (Å²) in [5, 5.41) is 0. The molecular formula is C22H25N3O2. The second kappa shape index (κ2) is 7.16. The van der Waals surface area contributed by atoms with Crippen molar-refractivity contribution in [2.45, 2.75) is 13.0 Å². The Balaban J connectivity index is 1.69. The van der Waals surface area contributed by atoms with Crippen molar-refractivity contribution in [2.24, 2.45) is 5.92 Å². The first-order chi connectivity index (χ1) is 13.1. The maximum atomic E-state index is 13.3. The van der Waals surface area contributed by atoms with Crippen molar-refractivity contribution in [1.82, 2.24) is 9.80 Å². The van der Waals surface area contributed by atoms with Crippen molar-refractivity contribution in [3.05, 3.63) is 65.7 Å². The van der Waals surface area contributed by atoms with Crippen molar-refractivity contribution >= 4 is 17.5 Å². The van der Waals surface area contributed by atoms with Crippen LogP contribution in [0.15, 0.2) is 54.6 Å². The lowest BCUT2D eigenvalue weighted by molar-refractivity contribution is -0.137. The van der Waals surface area contributed by atoms with E-state index >= 15 is 0 Å². The van der Waals surface area contributed by atoms with Gasteiger partial charge >= 0.3 is 0 Å². The minimum absolute atomic E-state index is 0.0279. The first-order valence-corrected chi connectivity index (χ1v) is 9.53. The average molecular weight is 363 g/mol. The fraction of sp³-hybridized carbons (Fsp3) is 0.364. The van der Waals surface area contributed by atoms with Crippen LogP contribution in [0.4, 0.5) is 5.69 Å². The van der Waals surface area contributed by atoms with Gasteiger partial charge in [0.1, 0.15) is 0 Å². The summed E-state index contributed by atoms with van der Waals surface area (Å²) in [6.07, 6.45) is 0. The minimum atomic E-state index is -0.304. The van der Waals surface area contributed by atoms with Crippen molar-refractivity contribution < 1.29 is 9.59 Å². The van der Waals surface area contributed by atoms with E-state index < -0.39 is 0 Å². The maximum Gasteiger partial charge on any atom is 0.259 e. The number of rotatable bonds is 3. The maximum absolute atomic E-state index is 13.3. The summed E-state index contributed by atoms with van der Waals surface area (Å²) >= 11 is 0. The van der Waals surface area contributed by atoms with Crippen LogP contribution in [-0.2, 0) is 4.79 Å². The van der Waals surface area contributed by atoms with Gasteiger partial charge in [0.15, 0.2) is 0 Å². The number of carbonyl (C=O) groups excluding carboxylic acids is 2. The van der Waals surface area contributed by atoms with E-state index in [2.05, 4.69) is 11.9 Å². The molecule has 27 heavy (non-hydrogen) atoms. The number of carbonyl (C=O) groups is 2. The average Bonchev–Trinajstić information content (AvgIpc) is 3.01. The third-order valence-electron chi connectivity index (χ3n) is 5.72. The van der Waals surface area contributed by atoms with Crippen LogP contribution >= 0.6 is 0 Å². The highest BCUT2D eigenvalue weighted by Crippen LogP contribution is 2.42. The zero-order chi connectivity index (χ0) is 19.0. The van der Waals surface area contributed by atoms with Gasteiger partial charge in [-0.05, 0) is 30.8 Å². The number of hydrogen-bond donors (Lipinski definition) is 0. The number of hydrogen-bond acceptors (Lipinski definition) is 3. The molecule has 0 saturated carbocycles. The predicted molar refractivity (Wildman–Crippen MR) is 106 cm³/mol. The molecule has 2 aliphatic rings. The van der Waals surface area contributed by atoms with Crippen molar-refractivity contribution in [2.75, 3.05) is 38.1 Å². The summed E-state index contributed by atoms with van der Waals surface area (Å²) in [6, 6.07) is 17.1. The summed E-state index contributed by atoms with van der Waals surface area (Å²) in [5.74, 6) is -0.209. The third kappa shape index (κ3) is 3.12. The first kappa shape index (κ1) is 17.7. The molecule has 0 radical (unpaired) electrons. The molecule has 0 spiro atoms. The predicted octanol–water partition coefficient (Wildman–Crippen LogP) is 2.80. The van der Waals surface area contributed by atoms with Crippen LogP contribution in [0.1, 0.15) is 28.9 Å². The molecule has 2 aliphatic heterocycles. The molecule has 1 fully saturated rings. The van der Waals surface area contributed by atoms with E-state index in [9.17, 15) is 9.59 Å². The molecule has 0 aliphatic carbocycles. The molecule has 2 aromatic rings. The lowest BCUT2D eigenvalue weighted by Gasteiger charge is -2.37. The smallest absolute Gasteiger partial charge is 0.259 e. The Labute approximate surface area is 160 Å². The molecule has 140 valence electrons. The van der Waals surface area contributed by atoms with Gasteiger partial charge in [-0.15, -0.1) is 0 Å². The van der Waals surface area contributed by atoms with Gasteiger partial charge < -0.3 is 14.7 Å². The summed E-state index contributed by atoms with van der Waals surface area (Å²) in [7, 11) is 2.08. The molecule has 2 atom stereocenters. The minimum Gasteiger partial charge on any atom is -0.340 e. The van der Waals surface area contributed by atoms with Gasteiger partial charge in [0.05, 0.1) is 12.0 Å². The van der Waals surface area contributed by atoms with Gasteiger partial charge in [-0.25, -0.2) is 0 Å². The van der Waals surface area contributed by atoms with Gasteiger partial charge in [-0.2, -0.15) is 0 Å². The third-order valence-corrected chi connectivity index (χ3v) is 5.72. The Morgan fingerprint density at radius 3 is 2.30 bits per heavy atom. The zero-order valence-corrected chi connectivity index (χ0v) is 15.8. The molecule has 5 heteroatoms. The van der Waals surface area contributed by atoms with E-state index in [0.717, 1.165) is 37.4 Å². The Kier molecular flexibility index (Phi) is 4.70. The summed E-state index contributed by atoms with van der Waals surface area (Å²) in [4.78, 5) is 32.4. The molecule has 0 N–H and O–H groups in total. The number of nitrogens with zero attached hydrogens (tertiary/aromatic N) is 3. The molecule has 4 rings (SSSR count). The van der Waals surface area contributed by atoms with E-state index in [1.807, 2.05) is 66.4 Å². The second-order valence-corrected chi connectivity index (χ2v) is 7.46. The van der Waals surface area contributed by atoms with E-state index in [1.165, 1.54) is 0 Å². The Morgan fingerprint density at radius 1 is 0.963 bits per heavy atom. The fourth-order valence-electron chi connectivity index (χ4n) is 4.15. The highest BCUT2D eigenvalue weighted by atomic mass is 16.2. The highest BCUT2D eigenvalue weighted by molar-refractivity contribution is 6.11. The van der Waals surface area contributed by atoms with Crippen molar-refractivity contribution in [1.29, 1.82) is 0 Å². The molecule has 0 aromatic heterocycles. The number of piperazine rings is 1. The second-order valence-electron chi connectivity index (χ2n) is 7.46.